The molecule has 0 radical (unpaired) electrons. The zero-order valence-corrected chi connectivity index (χ0v) is 14.5. The van der Waals surface area contributed by atoms with Crippen molar-refractivity contribution in [3.63, 3.8) is 0 Å². The molecule has 2 aromatic rings. The van der Waals surface area contributed by atoms with Gasteiger partial charge in [-0.15, -0.1) is 0 Å². The molecule has 0 spiro atoms. The molecule has 2 aromatic carbocycles. The molecule has 0 aliphatic rings. The predicted molar refractivity (Wildman–Crippen MR) is 93.2 cm³/mol. The average molecular weight is 364 g/mol. The van der Waals surface area contributed by atoms with E-state index < -0.39 is 6.10 Å². The maximum absolute atomic E-state index is 10.0. The van der Waals surface area contributed by atoms with Crippen molar-refractivity contribution >= 4 is 15.9 Å². The van der Waals surface area contributed by atoms with Gasteiger partial charge in [-0.05, 0) is 49.2 Å². The lowest BCUT2D eigenvalue weighted by atomic mass is 10.1. The largest absolute Gasteiger partial charge is 0.491 e. The van der Waals surface area contributed by atoms with Gasteiger partial charge in [-0.2, -0.15) is 0 Å². The van der Waals surface area contributed by atoms with Crippen LogP contribution in [0.25, 0.3) is 0 Å². The van der Waals surface area contributed by atoms with Crippen molar-refractivity contribution in [2.24, 2.45) is 0 Å². The first kappa shape index (κ1) is 17.0. The summed E-state index contributed by atoms with van der Waals surface area (Å²) in [5, 5.41) is 13.3. The van der Waals surface area contributed by atoms with Crippen LogP contribution in [0, 0.1) is 6.92 Å². The SMILES string of the molecule is Cc1cccc(OCC(O)CNC(C)c2ccc(Br)cc2)c1. The molecular formula is C18H22BrNO2. The van der Waals surface area contributed by atoms with E-state index in [1.54, 1.807) is 0 Å². The van der Waals surface area contributed by atoms with E-state index in [-0.39, 0.29) is 12.6 Å². The van der Waals surface area contributed by atoms with Gasteiger partial charge < -0.3 is 15.2 Å². The smallest absolute Gasteiger partial charge is 0.119 e. The monoisotopic (exact) mass is 363 g/mol. The molecule has 2 rings (SSSR count). The van der Waals surface area contributed by atoms with E-state index in [1.807, 2.05) is 43.3 Å². The van der Waals surface area contributed by atoms with Crippen LogP contribution in [0.15, 0.2) is 53.0 Å². The Hall–Kier alpha value is -1.36. The van der Waals surface area contributed by atoms with Gasteiger partial charge in [0.2, 0.25) is 0 Å². The van der Waals surface area contributed by atoms with Gasteiger partial charge in [-0.3, -0.25) is 0 Å². The summed E-state index contributed by atoms with van der Waals surface area (Å²) < 4.78 is 6.67. The Morgan fingerprint density at radius 2 is 1.91 bits per heavy atom. The summed E-state index contributed by atoms with van der Waals surface area (Å²) in [6.45, 7) is 4.87. The van der Waals surface area contributed by atoms with Gasteiger partial charge in [-0.25, -0.2) is 0 Å². The minimum absolute atomic E-state index is 0.182. The Bertz CT molecular complexity index is 586. The summed E-state index contributed by atoms with van der Waals surface area (Å²) in [5.41, 5.74) is 2.34. The highest BCUT2D eigenvalue weighted by atomic mass is 79.9. The molecule has 3 nitrogen and oxygen atoms in total. The van der Waals surface area contributed by atoms with Crippen LogP contribution in [-0.4, -0.2) is 24.4 Å². The average Bonchev–Trinajstić information content (AvgIpc) is 2.51. The Morgan fingerprint density at radius 1 is 1.18 bits per heavy atom. The number of benzene rings is 2. The first-order valence-electron chi connectivity index (χ1n) is 7.41. The van der Waals surface area contributed by atoms with Gasteiger partial charge in [-0.1, -0.05) is 40.2 Å². The second-order valence-corrected chi connectivity index (χ2v) is 6.38. The molecule has 0 aliphatic heterocycles. The van der Waals surface area contributed by atoms with E-state index in [4.69, 9.17) is 4.74 Å². The van der Waals surface area contributed by atoms with E-state index >= 15 is 0 Å². The van der Waals surface area contributed by atoms with Crippen LogP contribution in [0.4, 0.5) is 0 Å². The molecule has 2 N–H and O–H groups in total. The molecule has 0 heterocycles. The van der Waals surface area contributed by atoms with Crippen LogP contribution in [-0.2, 0) is 0 Å². The highest BCUT2D eigenvalue weighted by molar-refractivity contribution is 9.10. The van der Waals surface area contributed by atoms with Crippen molar-refractivity contribution < 1.29 is 9.84 Å². The number of nitrogens with one attached hydrogen (secondary N) is 1. The van der Waals surface area contributed by atoms with Crippen LogP contribution in [0.3, 0.4) is 0 Å². The number of halogens is 1. The Kier molecular flexibility index (Phi) is 6.43. The molecule has 4 heteroatoms. The third-order valence-corrected chi connectivity index (χ3v) is 3.99. The van der Waals surface area contributed by atoms with Crippen molar-refractivity contribution in [2.45, 2.75) is 26.0 Å². The lowest BCUT2D eigenvalue weighted by Gasteiger charge is -2.18. The van der Waals surface area contributed by atoms with Crippen molar-refractivity contribution in [3.05, 3.63) is 64.1 Å². The van der Waals surface area contributed by atoms with Gasteiger partial charge >= 0.3 is 0 Å². The van der Waals surface area contributed by atoms with E-state index in [9.17, 15) is 5.11 Å². The second kappa shape index (κ2) is 8.32. The zero-order valence-electron chi connectivity index (χ0n) is 12.9. The Labute approximate surface area is 140 Å². The second-order valence-electron chi connectivity index (χ2n) is 5.46. The number of rotatable bonds is 7. The van der Waals surface area contributed by atoms with Crippen LogP contribution in [0.5, 0.6) is 5.75 Å². The van der Waals surface area contributed by atoms with Gasteiger partial charge in [0.05, 0.1) is 0 Å². The molecule has 0 saturated carbocycles. The van der Waals surface area contributed by atoms with Crippen LogP contribution in [0.1, 0.15) is 24.1 Å². The molecule has 0 aliphatic carbocycles. The molecule has 0 amide bonds. The van der Waals surface area contributed by atoms with Crippen LogP contribution >= 0.6 is 15.9 Å². The highest BCUT2D eigenvalue weighted by Gasteiger charge is 2.09. The number of hydrogen-bond donors (Lipinski definition) is 2. The lowest BCUT2D eigenvalue weighted by Crippen LogP contribution is -2.33. The fourth-order valence-corrected chi connectivity index (χ4v) is 2.40. The summed E-state index contributed by atoms with van der Waals surface area (Å²) >= 11 is 3.43. The van der Waals surface area contributed by atoms with Gasteiger partial charge in [0.25, 0.3) is 0 Å². The topological polar surface area (TPSA) is 41.5 Å². The quantitative estimate of drug-likeness (QED) is 0.784. The van der Waals surface area contributed by atoms with E-state index in [1.165, 1.54) is 5.56 Å². The first-order valence-corrected chi connectivity index (χ1v) is 8.20. The predicted octanol–water partition coefficient (Wildman–Crippen LogP) is 3.85. The third kappa shape index (κ3) is 5.44. The van der Waals surface area contributed by atoms with E-state index in [0.717, 1.165) is 15.8 Å². The Balaban J connectivity index is 1.75. The normalized spacial score (nSPS) is 13.6. The number of aliphatic hydroxyl groups excluding tert-OH is 1. The maximum atomic E-state index is 10.0. The van der Waals surface area contributed by atoms with Gasteiger partial charge in [0, 0.05) is 17.1 Å². The van der Waals surface area contributed by atoms with E-state index in [0.29, 0.717) is 6.54 Å². The van der Waals surface area contributed by atoms with Crippen molar-refractivity contribution in [3.8, 4) is 5.75 Å². The molecule has 118 valence electrons. The fourth-order valence-electron chi connectivity index (χ4n) is 2.14. The summed E-state index contributed by atoms with van der Waals surface area (Å²) in [5.74, 6) is 0.792. The number of aliphatic hydroxyl groups is 1. The van der Waals surface area contributed by atoms with Gasteiger partial charge in [0.15, 0.2) is 0 Å². The third-order valence-electron chi connectivity index (χ3n) is 3.46. The minimum Gasteiger partial charge on any atom is -0.491 e. The zero-order chi connectivity index (χ0) is 15.9. The maximum Gasteiger partial charge on any atom is 0.119 e. The molecule has 0 saturated heterocycles. The molecule has 22 heavy (non-hydrogen) atoms. The summed E-state index contributed by atoms with van der Waals surface area (Å²) in [4.78, 5) is 0. The number of hydrogen-bond acceptors (Lipinski definition) is 3. The Morgan fingerprint density at radius 3 is 2.59 bits per heavy atom. The van der Waals surface area contributed by atoms with E-state index in [2.05, 4.69) is 40.3 Å². The molecule has 0 fully saturated rings. The summed E-state index contributed by atoms with van der Waals surface area (Å²) in [6, 6.07) is 16.2. The fraction of sp³-hybridized carbons (Fsp3) is 0.333. The van der Waals surface area contributed by atoms with Crippen molar-refractivity contribution in [2.75, 3.05) is 13.2 Å². The molecule has 0 bridgehead atoms. The number of ether oxygens (including phenoxy) is 1. The van der Waals surface area contributed by atoms with Crippen LogP contribution < -0.4 is 10.1 Å². The van der Waals surface area contributed by atoms with Crippen molar-refractivity contribution in [1.29, 1.82) is 0 Å². The lowest BCUT2D eigenvalue weighted by molar-refractivity contribution is 0.104. The molecule has 0 aromatic heterocycles. The van der Waals surface area contributed by atoms with Gasteiger partial charge in [0.1, 0.15) is 18.5 Å². The van der Waals surface area contributed by atoms with Crippen LogP contribution in [0.2, 0.25) is 0 Å². The molecular weight excluding hydrogens is 342 g/mol. The number of aryl methyl sites for hydroxylation is 1. The molecule has 2 unspecified atom stereocenters. The standard InChI is InChI=1S/C18H22BrNO2/c1-13-4-3-5-18(10-13)22-12-17(21)11-20-14(2)15-6-8-16(19)9-7-15/h3-10,14,17,20-21H,11-12H2,1-2H3. The molecule has 2 atom stereocenters. The van der Waals surface area contributed by atoms with Crippen molar-refractivity contribution in [1.82, 2.24) is 5.32 Å². The summed E-state index contributed by atoms with van der Waals surface area (Å²) in [7, 11) is 0. The minimum atomic E-state index is -0.543. The first-order chi connectivity index (χ1) is 10.5. The summed E-state index contributed by atoms with van der Waals surface area (Å²) in [6.07, 6.45) is -0.543. The highest BCUT2D eigenvalue weighted by Crippen LogP contribution is 2.16.